The van der Waals surface area contributed by atoms with E-state index >= 15 is 0 Å². The molecule has 0 aliphatic rings. The number of para-hydroxylation sites is 1. The summed E-state index contributed by atoms with van der Waals surface area (Å²) >= 11 is 0. The number of carbonyl (C=O) groups is 1. The molecule has 0 fully saturated rings. The van der Waals surface area contributed by atoms with Crippen LogP contribution >= 0.6 is 0 Å². The summed E-state index contributed by atoms with van der Waals surface area (Å²) in [5, 5.41) is 0. The van der Waals surface area contributed by atoms with Gasteiger partial charge in [-0.2, -0.15) is 0 Å². The zero-order chi connectivity index (χ0) is 20.8. The SMILES string of the molecule is CCC(=O)Oc1ccccc1.CCC(CCC=Cc1ccccc1)C(C)(C)C. The Morgan fingerprint density at radius 3 is 2.04 bits per heavy atom. The average Bonchev–Trinajstić information content (AvgIpc) is 2.69. The molecular formula is C26H36O2. The average molecular weight is 381 g/mol. The molecular weight excluding hydrogens is 344 g/mol. The van der Waals surface area contributed by atoms with E-state index < -0.39 is 0 Å². The van der Waals surface area contributed by atoms with Gasteiger partial charge in [0.15, 0.2) is 0 Å². The first-order valence-corrected chi connectivity index (χ1v) is 10.3. The summed E-state index contributed by atoms with van der Waals surface area (Å²) in [5.74, 6) is 1.23. The molecule has 0 radical (unpaired) electrons. The van der Waals surface area contributed by atoms with Gasteiger partial charge in [0.05, 0.1) is 0 Å². The van der Waals surface area contributed by atoms with E-state index in [0.717, 1.165) is 5.92 Å². The molecule has 0 saturated carbocycles. The Hall–Kier alpha value is -2.35. The monoisotopic (exact) mass is 380 g/mol. The molecule has 152 valence electrons. The predicted octanol–water partition coefficient (Wildman–Crippen LogP) is 7.55. The molecule has 0 aliphatic carbocycles. The molecule has 2 rings (SSSR count). The molecule has 0 amide bonds. The molecule has 2 aromatic rings. The third kappa shape index (κ3) is 10.1. The number of hydrogen-bond donors (Lipinski definition) is 0. The van der Waals surface area contributed by atoms with E-state index in [1.165, 1.54) is 24.8 Å². The third-order valence-corrected chi connectivity index (χ3v) is 4.77. The number of benzene rings is 2. The van der Waals surface area contributed by atoms with E-state index in [-0.39, 0.29) is 5.97 Å². The Balaban J connectivity index is 0.000000307. The Labute approximate surface area is 171 Å². The highest BCUT2D eigenvalue weighted by Crippen LogP contribution is 2.32. The first kappa shape index (κ1) is 23.7. The van der Waals surface area contributed by atoms with E-state index in [4.69, 9.17) is 4.74 Å². The molecule has 0 aromatic heterocycles. The van der Waals surface area contributed by atoms with Crippen LogP contribution in [-0.4, -0.2) is 5.97 Å². The number of hydrogen-bond acceptors (Lipinski definition) is 2. The highest BCUT2D eigenvalue weighted by Gasteiger charge is 2.21. The van der Waals surface area contributed by atoms with Crippen molar-refractivity contribution in [2.45, 2.75) is 60.3 Å². The van der Waals surface area contributed by atoms with Gasteiger partial charge >= 0.3 is 5.97 Å². The Morgan fingerprint density at radius 1 is 0.964 bits per heavy atom. The molecule has 1 atom stereocenters. The molecule has 2 nitrogen and oxygen atoms in total. The second-order valence-corrected chi connectivity index (χ2v) is 8.00. The van der Waals surface area contributed by atoms with Crippen LogP contribution in [0.4, 0.5) is 0 Å². The number of carbonyl (C=O) groups excluding carboxylic acids is 1. The minimum absolute atomic E-state index is 0.198. The van der Waals surface area contributed by atoms with Gasteiger partial charge in [0.25, 0.3) is 0 Å². The smallest absolute Gasteiger partial charge is 0.310 e. The highest BCUT2D eigenvalue weighted by molar-refractivity contribution is 5.71. The summed E-state index contributed by atoms with van der Waals surface area (Å²) in [6, 6.07) is 19.6. The lowest BCUT2D eigenvalue weighted by atomic mass is 9.76. The molecule has 0 heterocycles. The van der Waals surface area contributed by atoms with Crippen LogP contribution in [0.15, 0.2) is 66.7 Å². The van der Waals surface area contributed by atoms with Gasteiger partial charge in [-0.15, -0.1) is 0 Å². The molecule has 0 spiro atoms. The molecule has 28 heavy (non-hydrogen) atoms. The fourth-order valence-corrected chi connectivity index (χ4v) is 3.02. The lowest BCUT2D eigenvalue weighted by Gasteiger charge is -2.29. The summed E-state index contributed by atoms with van der Waals surface area (Å²) in [6.07, 6.45) is 8.71. The van der Waals surface area contributed by atoms with Crippen LogP contribution in [-0.2, 0) is 4.79 Å². The van der Waals surface area contributed by atoms with E-state index in [2.05, 4.69) is 70.2 Å². The molecule has 0 aliphatic heterocycles. The quantitative estimate of drug-likeness (QED) is 0.366. The summed E-state index contributed by atoms with van der Waals surface area (Å²) in [5.41, 5.74) is 1.74. The minimum atomic E-state index is -0.198. The maximum Gasteiger partial charge on any atom is 0.310 e. The maximum atomic E-state index is 10.8. The largest absolute Gasteiger partial charge is 0.427 e. The Morgan fingerprint density at radius 2 is 1.54 bits per heavy atom. The molecule has 2 aromatic carbocycles. The topological polar surface area (TPSA) is 26.3 Å². The van der Waals surface area contributed by atoms with Crippen molar-refractivity contribution in [3.63, 3.8) is 0 Å². The van der Waals surface area contributed by atoms with Gasteiger partial charge in [-0.25, -0.2) is 0 Å². The molecule has 1 unspecified atom stereocenters. The van der Waals surface area contributed by atoms with Crippen molar-refractivity contribution in [3.8, 4) is 5.75 Å². The zero-order valence-electron chi connectivity index (χ0n) is 18.2. The van der Waals surface area contributed by atoms with Crippen molar-refractivity contribution in [1.29, 1.82) is 0 Å². The summed E-state index contributed by atoms with van der Waals surface area (Å²) in [4.78, 5) is 10.8. The van der Waals surface area contributed by atoms with Gasteiger partial charge in [-0.05, 0) is 41.9 Å². The van der Waals surface area contributed by atoms with Crippen molar-refractivity contribution in [2.75, 3.05) is 0 Å². The predicted molar refractivity (Wildman–Crippen MR) is 120 cm³/mol. The number of ether oxygens (including phenoxy) is 1. The number of allylic oxidation sites excluding steroid dienone is 1. The van der Waals surface area contributed by atoms with E-state index in [1.807, 2.05) is 18.2 Å². The van der Waals surface area contributed by atoms with Gasteiger partial charge in [-0.1, -0.05) is 102 Å². The first-order valence-electron chi connectivity index (χ1n) is 10.3. The fraction of sp³-hybridized carbons (Fsp3) is 0.423. The number of rotatable bonds is 7. The lowest BCUT2D eigenvalue weighted by molar-refractivity contribution is -0.134. The summed E-state index contributed by atoms with van der Waals surface area (Å²) in [6.45, 7) is 11.1. The first-order chi connectivity index (χ1) is 13.4. The van der Waals surface area contributed by atoms with Crippen LogP contribution in [0.1, 0.15) is 65.9 Å². The van der Waals surface area contributed by atoms with Crippen LogP contribution in [0.5, 0.6) is 5.75 Å². The van der Waals surface area contributed by atoms with Crippen molar-refractivity contribution < 1.29 is 9.53 Å². The van der Waals surface area contributed by atoms with Gasteiger partial charge in [0, 0.05) is 6.42 Å². The van der Waals surface area contributed by atoms with E-state index in [0.29, 0.717) is 17.6 Å². The standard InChI is InChI=1S/C17H26.C9H10O2/c1-5-16(17(2,3)4)14-10-9-13-15-11-7-6-8-12-15;1-2-9(10)11-8-6-4-3-5-7-8/h6-9,11-13,16H,5,10,14H2,1-4H3;3-7H,2H2,1H3. The van der Waals surface area contributed by atoms with Crippen LogP contribution in [0.3, 0.4) is 0 Å². The van der Waals surface area contributed by atoms with Crippen molar-refractivity contribution in [3.05, 3.63) is 72.3 Å². The zero-order valence-corrected chi connectivity index (χ0v) is 18.2. The maximum absolute atomic E-state index is 10.8. The Kier molecular flexibility index (Phi) is 10.9. The van der Waals surface area contributed by atoms with Crippen LogP contribution in [0.2, 0.25) is 0 Å². The van der Waals surface area contributed by atoms with Crippen molar-refractivity contribution in [1.82, 2.24) is 0 Å². The van der Waals surface area contributed by atoms with E-state index in [1.54, 1.807) is 19.1 Å². The van der Waals surface area contributed by atoms with Crippen LogP contribution in [0, 0.1) is 11.3 Å². The van der Waals surface area contributed by atoms with Gasteiger partial charge in [0.2, 0.25) is 0 Å². The second-order valence-electron chi connectivity index (χ2n) is 8.00. The summed E-state index contributed by atoms with van der Waals surface area (Å²) < 4.78 is 4.92. The Bertz CT molecular complexity index is 681. The van der Waals surface area contributed by atoms with E-state index in [9.17, 15) is 4.79 Å². The van der Waals surface area contributed by atoms with Gasteiger partial charge in [0.1, 0.15) is 5.75 Å². The van der Waals surface area contributed by atoms with Crippen LogP contribution in [0.25, 0.3) is 6.08 Å². The second kappa shape index (κ2) is 12.9. The normalized spacial score (nSPS) is 12.2. The van der Waals surface area contributed by atoms with Crippen molar-refractivity contribution in [2.24, 2.45) is 11.3 Å². The van der Waals surface area contributed by atoms with Gasteiger partial charge in [-0.3, -0.25) is 4.79 Å². The third-order valence-electron chi connectivity index (χ3n) is 4.77. The highest BCUT2D eigenvalue weighted by atomic mass is 16.5. The van der Waals surface area contributed by atoms with Crippen molar-refractivity contribution >= 4 is 12.0 Å². The molecule has 0 saturated heterocycles. The molecule has 0 N–H and O–H groups in total. The van der Waals surface area contributed by atoms with Crippen LogP contribution < -0.4 is 4.74 Å². The van der Waals surface area contributed by atoms with Gasteiger partial charge < -0.3 is 4.74 Å². The lowest BCUT2D eigenvalue weighted by Crippen LogP contribution is -2.19. The minimum Gasteiger partial charge on any atom is -0.427 e. The molecule has 0 bridgehead atoms. The molecule has 2 heteroatoms. The summed E-state index contributed by atoms with van der Waals surface area (Å²) in [7, 11) is 0. The fourth-order valence-electron chi connectivity index (χ4n) is 3.02. The number of esters is 1.